The number of carbonyl (C=O) groups is 2. The summed E-state index contributed by atoms with van der Waals surface area (Å²) in [6.45, 7) is 3.28. The van der Waals surface area contributed by atoms with Gasteiger partial charge in [0.05, 0.1) is 6.61 Å². The van der Waals surface area contributed by atoms with Crippen LogP contribution in [-0.4, -0.2) is 25.0 Å². The van der Waals surface area contributed by atoms with Gasteiger partial charge < -0.3 is 15.4 Å². The highest BCUT2D eigenvalue weighted by Gasteiger charge is 2.14. The molecule has 1 aromatic carbocycles. The number of hydrogen-bond acceptors (Lipinski definition) is 3. The molecule has 2 amide bonds. The molecule has 0 fully saturated rings. The van der Waals surface area contributed by atoms with Gasteiger partial charge in [0.15, 0.2) is 0 Å². The van der Waals surface area contributed by atoms with Crippen LogP contribution in [0.4, 0.5) is 5.69 Å². The van der Waals surface area contributed by atoms with Crippen LogP contribution in [0.5, 0.6) is 5.75 Å². The lowest BCUT2D eigenvalue weighted by molar-refractivity contribution is -0.121. The van der Waals surface area contributed by atoms with Gasteiger partial charge in [0.25, 0.3) is 0 Å². The third kappa shape index (κ3) is 4.77. The Hall–Kier alpha value is -2.04. The maximum Gasteiger partial charge on any atom is 0.224 e. The van der Waals surface area contributed by atoms with E-state index in [0.717, 1.165) is 36.4 Å². The molecule has 2 N–H and O–H groups in total. The highest BCUT2D eigenvalue weighted by molar-refractivity contribution is 5.93. The Morgan fingerprint density at radius 1 is 1.38 bits per heavy atom. The van der Waals surface area contributed by atoms with Crippen LogP contribution in [0.1, 0.15) is 38.2 Å². The molecular formula is C16H22N2O3. The lowest BCUT2D eigenvalue weighted by Gasteiger charge is -2.17. The first-order chi connectivity index (χ1) is 10.2. The number of benzene rings is 1. The topological polar surface area (TPSA) is 67.4 Å². The summed E-state index contributed by atoms with van der Waals surface area (Å²) in [6, 6.07) is 5.68. The van der Waals surface area contributed by atoms with Gasteiger partial charge in [0.2, 0.25) is 11.8 Å². The molecule has 2 rings (SSSR count). The number of fused-ring (bicyclic) bond motifs is 1. The molecule has 114 valence electrons. The Kier molecular flexibility index (Phi) is 5.60. The first-order valence-corrected chi connectivity index (χ1v) is 7.51. The zero-order valence-corrected chi connectivity index (χ0v) is 12.4. The average Bonchev–Trinajstić information content (AvgIpc) is 2.49. The largest absolute Gasteiger partial charge is 0.494 e. The number of rotatable bonds is 7. The van der Waals surface area contributed by atoms with E-state index in [1.807, 2.05) is 25.1 Å². The molecule has 1 aliphatic rings. The second-order valence-corrected chi connectivity index (χ2v) is 5.17. The SMILES string of the molecule is CCCNC(=O)CCCOc1ccc2c(c1)CCC(=O)N2. The van der Waals surface area contributed by atoms with Crippen molar-refractivity contribution in [3.63, 3.8) is 0 Å². The van der Waals surface area contributed by atoms with Gasteiger partial charge in [-0.15, -0.1) is 0 Å². The van der Waals surface area contributed by atoms with E-state index < -0.39 is 0 Å². The van der Waals surface area contributed by atoms with E-state index in [9.17, 15) is 9.59 Å². The van der Waals surface area contributed by atoms with Crippen molar-refractivity contribution < 1.29 is 14.3 Å². The van der Waals surface area contributed by atoms with Crippen LogP contribution in [0.3, 0.4) is 0 Å². The van der Waals surface area contributed by atoms with Crippen LogP contribution >= 0.6 is 0 Å². The number of nitrogens with one attached hydrogen (secondary N) is 2. The van der Waals surface area contributed by atoms with Gasteiger partial charge in [-0.3, -0.25) is 9.59 Å². The zero-order chi connectivity index (χ0) is 15.1. The molecule has 21 heavy (non-hydrogen) atoms. The summed E-state index contributed by atoms with van der Waals surface area (Å²) >= 11 is 0. The molecule has 0 atom stereocenters. The predicted octanol–water partition coefficient (Wildman–Crippen LogP) is 2.26. The fourth-order valence-electron chi connectivity index (χ4n) is 2.23. The van der Waals surface area contributed by atoms with Crippen molar-refractivity contribution in [1.82, 2.24) is 5.32 Å². The molecule has 0 aliphatic carbocycles. The first-order valence-electron chi connectivity index (χ1n) is 7.51. The molecule has 0 unspecified atom stereocenters. The van der Waals surface area contributed by atoms with Gasteiger partial charge in [-0.2, -0.15) is 0 Å². The van der Waals surface area contributed by atoms with Crippen LogP contribution in [0.25, 0.3) is 0 Å². The van der Waals surface area contributed by atoms with Crippen molar-refractivity contribution >= 4 is 17.5 Å². The highest BCUT2D eigenvalue weighted by atomic mass is 16.5. The van der Waals surface area contributed by atoms with Crippen LogP contribution in [0.15, 0.2) is 18.2 Å². The second-order valence-electron chi connectivity index (χ2n) is 5.17. The monoisotopic (exact) mass is 290 g/mol. The number of aryl methyl sites for hydroxylation is 1. The first kappa shape index (κ1) is 15.4. The van der Waals surface area contributed by atoms with Crippen molar-refractivity contribution in [2.45, 2.75) is 39.0 Å². The quantitative estimate of drug-likeness (QED) is 0.757. The standard InChI is InChI=1S/C16H22N2O3/c1-2-9-17-15(19)4-3-10-21-13-6-7-14-12(11-13)5-8-16(20)18-14/h6-7,11H,2-5,8-10H2,1H3,(H,17,19)(H,18,20). The van der Waals surface area contributed by atoms with E-state index in [4.69, 9.17) is 4.74 Å². The summed E-state index contributed by atoms with van der Waals surface area (Å²) in [5.41, 5.74) is 1.98. The number of carbonyl (C=O) groups excluding carboxylic acids is 2. The van der Waals surface area contributed by atoms with E-state index in [0.29, 0.717) is 25.9 Å². The van der Waals surface area contributed by atoms with Gasteiger partial charge >= 0.3 is 0 Å². The molecule has 0 radical (unpaired) electrons. The molecule has 0 aromatic heterocycles. The van der Waals surface area contributed by atoms with Gasteiger partial charge in [0.1, 0.15) is 5.75 Å². The molecule has 0 saturated carbocycles. The molecule has 1 aromatic rings. The van der Waals surface area contributed by atoms with Crippen molar-refractivity contribution in [2.75, 3.05) is 18.5 Å². The van der Waals surface area contributed by atoms with Gasteiger partial charge in [0, 0.05) is 25.1 Å². The highest BCUT2D eigenvalue weighted by Crippen LogP contribution is 2.26. The maximum atomic E-state index is 11.4. The van der Waals surface area contributed by atoms with E-state index in [1.165, 1.54) is 0 Å². The zero-order valence-electron chi connectivity index (χ0n) is 12.4. The number of ether oxygens (including phenoxy) is 1. The van der Waals surface area contributed by atoms with E-state index in [1.54, 1.807) is 0 Å². The third-order valence-electron chi connectivity index (χ3n) is 3.36. The predicted molar refractivity (Wildman–Crippen MR) is 81.4 cm³/mol. The summed E-state index contributed by atoms with van der Waals surface area (Å²) in [4.78, 5) is 22.7. The molecule has 5 heteroatoms. The van der Waals surface area contributed by atoms with Crippen molar-refractivity contribution in [1.29, 1.82) is 0 Å². The van der Waals surface area contributed by atoms with E-state index >= 15 is 0 Å². The normalized spacial score (nSPS) is 13.3. The smallest absolute Gasteiger partial charge is 0.224 e. The third-order valence-corrected chi connectivity index (χ3v) is 3.36. The van der Waals surface area contributed by atoms with Gasteiger partial charge in [-0.1, -0.05) is 6.92 Å². The molecule has 0 bridgehead atoms. The lowest BCUT2D eigenvalue weighted by Crippen LogP contribution is -2.24. The minimum atomic E-state index is 0.0641. The summed E-state index contributed by atoms with van der Waals surface area (Å²) in [5.74, 6) is 0.932. The van der Waals surface area contributed by atoms with Crippen LogP contribution < -0.4 is 15.4 Å². The molecule has 0 saturated heterocycles. The van der Waals surface area contributed by atoms with Crippen LogP contribution in [0, 0.1) is 0 Å². The Labute approximate surface area is 125 Å². The van der Waals surface area contributed by atoms with Crippen molar-refractivity contribution in [2.24, 2.45) is 0 Å². The molecule has 5 nitrogen and oxygen atoms in total. The minimum Gasteiger partial charge on any atom is -0.494 e. The minimum absolute atomic E-state index is 0.0641. The fraction of sp³-hybridized carbons (Fsp3) is 0.500. The second kappa shape index (κ2) is 7.67. The summed E-state index contributed by atoms with van der Waals surface area (Å²) < 4.78 is 5.66. The average molecular weight is 290 g/mol. The van der Waals surface area contributed by atoms with Gasteiger partial charge in [-0.05, 0) is 43.0 Å². The van der Waals surface area contributed by atoms with Gasteiger partial charge in [-0.25, -0.2) is 0 Å². The molecule has 1 heterocycles. The van der Waals surface area contributed by atoms with Crippen molar-refractivity contribution in [3.05, 3.63) is 23.8 Å². The van der Waals surface area contributed by atoms with Crippen LogP contribution in [-0.2, 0) is 16.0 Å². The Balaban J connectivity index is 1.74. The van der Waals surface area contributed by atoms with E-state index in [2.05, 4.69) is 10.6 Å². The maximum absolute atomic E-state index is 11.4. The van der Waals surface area contributed by atoms with Crippen molar-refractivity contribution in [3.8, 4) is 5.75 Å². The number of hydrogen-bond donors (Lipinski definition) is 2. The Morgan fingerprint density at radius 3 is 3.05 bits per heavy atom. The molecule has 1 aliphatic heterocycles. The summed E-state index contributed by atoms with van der Waals surface area (Å²) in [5, 5.41) is 5.68. The Morgan fingerprint density at radius 2 is 2.24 bits per heavy atom. The summed E-state index contributed by atoms with van der Waals surface area (Å²) in [6.07, 6.45) is 3.41. The molecule has 0 spiro atoms. The van der Waals surface area contributed by atoms with E-state index in [-0.39, 0.29) is 11.8 Å². The van der Waals surface area contributed by atoms with Crippen LogP contribution in [0.2, 0.25) is 0 Å². The number of anilines is 1. The lowest BCUT2D eigenvalue weighted by atomic mass is 10.0. The number of amides is 2. The molecular weight excluding hydrogens is 268 g/mol. The summed E-state index contributed by atoms with van der Waals surface area (Å²) in [7, 11) is 0. The fourth-order valence-corrected chi connectivity index (χ4v) is 2.23. The Bertz CT molecular complexity index is 514.